The van der Waals surface area contributed by atoms with Gasteiger partial charge in [-0.25, -0.2) is 9.13 Å². The van der Waals surface area contributed by atoms with Gasteiger partial charge in [-0.2, -0.15) is 0 Å². The molecule has 0 bridgehead atoms. The monoisotopic (exact) mass is 1030 g/mol. The second-order valence-electron chi connectivity index (χ2n) is 17.6. The van der Waals surface area contributed by atoms with Crippen molar-refractivity contribution in [2.24, 2.45) is 0 Å². The minimum Gasteiger partial charge on any atom is -0.462 e. The molecular formula is C51H84O17P2. The molecule has 2 fully saturated rings. The molecule has 7 N–H and O–H groups in total. The van der Waals surface area contributed by atoms with Crippen LogP contribution < -0.4 is 0 Å². The third-order valence-electron chi connectivity index (χ3n) is 11.4. The molecule has 1 aliphatic heterocycles. The first-order valence-electron chi connectivity index (χ1n) is 25.3. The normalized spacial score (nSPS) is 24.6. The summed E-state index contributed by atoms with van der Waals surface area (Å²) in [4.78, 5) is 54.4. The second-order valence-corrected chi connectivity index (χ2v) is 20.2. The van der Waals surface area contributed by atoms with Crippen molar-refractivity contribution in [3.05, 3.63) is 85.1 Å². The molecule has 17 nitrogen and oxygen atoms in total. The number of esters is 2. The summed E-state index contributed by atoms with van der Waals surface area (Å²) >= 11 is 0. The summed E-state index contributed by atoms with van der Waals surface area (Å²) in [6.45, 7) is 2.97. The van der Waals surface area contributed by atoms with Crippen molar-refractivity contribution < 1.29 is 81.6 Å². The van der Waals surface area contributed by atoms with Crippen molar-refractivity contribution in [2.45, 2.75) is 210 Å². The highest BCUT2D eigenvalue weighted by Crippen LogP contribution is 2.49. The van der Waals surface area contributed by atoms with Crippen molar-refractivity contribution in [2.75, 3.05) is 13.2 Å². The zero-order valence-corrected chi connectivity index (χ0v) is 43.1. The topological polar surface area (TPSA) is 269 Å². The van der Waals surface area contributed by atoms with E-state index in [0.29, 0.717) is 37.9 Å². The van der Waals surface area contributed by atoms with Crippen LogP contribution in [0.2, 0.25) is 0 Å². The van der Waals surface area contributed by atoms with Crippen molar-refractivity contribution in [1.29, 1.82) is 0 Å². The van der Waals surface area contributed by atoms with E-state index < -0.39 is 83.5 Å². The second kappa shape index (κ2) is 37.8. The van der Waals surface area contributed by atoms with Gasteiger partial charge in [0.15, 0.2) is 6.10 Å². The van der Waals surface area contributed by atoms with Gasteiger partial charge in [-0.3, -0.25) is 23.2 Å². The van der Waals surface area contributed by atoms with E-state index in [-0.39, 0.29) is 12.8 Å². The lowest BCUT2D eigenvalue weighted by atomic mass is 9.85. The number of hydrogen-bond acceptors (Lipinski definition) is 14. The molecule has 2 aliphatic rings. The average Bonchev–Trinajstić information content (AvgIpc) is 4.07. The fourth-order valence-electron chi connectivity index (χ4n) is 7.33. The van der Waals surface area contributed by atoms with Crippen LogP contribution in [0.1, 0.15) is 155 Å². The Hall–Kier alpha value is -2.86. The molecule has 2 rings (SSSR count). The van der Waals surface area contributed by atoms with Gasteiger partial charge >= 0.3 is 27.6 Å². The lowest BCUT2D eigenvalue weighted by molar-refractivity contribution is -0.216. The first-order valence-corrected chi connectivity index (χ1v) is 28.3. The number of unbranched alkanes of at least 4 members (excludes halogenated alkanes) is 9. The first kappa shape index (κ1) is 63.3. The summed E-state index contributed by atoms with van der Waals surface area (Å²) in [5.41, 5.74) is 0. The Morgan fingerprint density at radius 1 is 0.529 bits per heavy atom. The Morgan fingerprint density at radius 2 is 1.01 bits per heavy atom. The Labute approximate surface area is 416 Å². The predicted octanol–water partition coefficient (Wildman–Crippen LogP) is 9.16. The molecule has 1 heterocycles. The molecule has 0 amide bonds. The number of ether oxygens (including phenoxy) is 3. The number of epoxide rings is 1. The Morgan fingerprint density at radius 3 is 1.57 bits per heavy atom. The highest BCUT2D eigenvalue weighted by Gasteiger charge is 2.54. The summed E-state index contributed by atoms with van der Waals surface area (Å²) in [6, 6.07) is 0. The molecule has 19 heteroatoms. The maximum absolute atomic E-state index is 13.0. The quantitative estimate of drug-likeness (QED) is 0.00991. The summed E-state index contributed by atoms with van der Waals surface area (Å²) in [5.74, 6) is -1.32. The zero-order valence-electron chi connectivity index (χ0n) is 41.4. The van der Waals surface area contributed by atoms with Crippen LogP contribution in [0.5, 0.6) is 0 Å². The van der Waals surface area contributed by atoms with Crippen molar-refractivity contribution >= 4 is 27.6 Å². The van der Waals surface area contributed by atoms with E-state index in [0.717, 1.165) is 64.2 Å². The third-order valence-corrected chi connectivity index (χ3v) is 12.9. The van der Waals surface area contributed by atoms with Crippen molar-refractivity contribution in [1.82, 2.24) is 0 Å². The van der Waals surface area contributed by atoms with Gasteiger partial charge in [-0.1, -0.05) is 137 Å². The Kier molecular flexibility index (Phi) is 34.2. The highest BCUT2D eigenvalue weighted by molar-refractivity contribution is 7.47. The molecule has 7 unspecified atom stereocenters. The molecule has 1 aliphatic carbocycles. The van der Waals surface area contributed by atoms with Crippen LogP contribution >= 0.6 is 15.6 Å². The van der Waals surface area contributed by atoms with E-state index in [1.165, 1.54) is 38.5 Å². The van der Waals surface area contributed by atoms with Crippen molar-refractivity contribution in [3.63, 3.8) is 0 Å². The standard InChI is InChI=1S/C51H84O17P2/c1-3-5-7-8-9-10-11-12-13-14-15-16-17-18-19-24-27-30-34-38-45(53)65-41(40-64-70(61,62)68-51-48(56)46(54)47(55)50(49(51)57)67-69(58,59)60)39-63-44(52)37-33-29-26-23-21-20-22-25-28-32-36-43-42(66-43)35-31-6-4-2/h9-10,12-13,15-16,18-20,22-23,26,28,32,41-43,46-51,54-57H,3-8,11,14,17,21,24-25,27,29-31,33-40H2,1-2H3,(H,61,62)(H2,58,59,60)/b10-9-,13-12-,16-15-,19-18-,22-20-,26-23-,32-28-/t41-,42?,43?,46?,47?,48?,49?,50-,51+/m1/s1. The number of carbonyl (C=O) groups excluding carboxylic acids is 2. The highest BCUT2D eigenvalue weighted by atomic mass is 31.2. The third kappa shape index (κ3) is 30.9. The van der Waals surface area contributed by atoms with Gasteiger partial charge in [0, 0.05) is 12.8 Å². The molecule has 0 aromatic heterocycles. The molecule has 1 saturated carbocycles. The van der Waals surface area contributed by atoms with Crippen LogP contribution in [0.15, 0.2) is 85.1 Å². The van der Waals surface area contributed by atoms with Gasteiger partial charge in [0.25, 0.3) is 0 Å². The fourth-order valence-corrected chi connectivity index (χ4v) is 8.87. The molecule has 0 aromatic rings. The largest absolute Gasteiger partial charge is 0.472 e. The van der Waals surface area contributed by atoms with E-state index in [1.54, 1.807) is 0 Å². The molecule has 0 spiro atoms. The molecule has 10 atom stereocenters. The van der Waals surface area contributed by atoms with Crippen LogP contribution in [0.4, 0.5) is 0 Å². The number of allylic oxidation sites excluding steroid dienone is 13. The molecular weight excluding hydrogens is 946 g/mol. The summed E-state index contributed by atoms with van der Waals surface area (Å²) < 4.78 is 55.1. The zero-order chi connectivity index (χ0) is 51.5. The lowest BCUT2D eigenvalue weighted by Gasteiger charge is -2.43. The number of hydrogen-bond donors (Lipinski definition) is 7. The predicted molar refractivity (Wildman–Crippen MR) is 268 cm³/mol. The van der Waals surface area contributed by atoms with Crippen LogP contribution in [0, 0.1) is 0 Å². The first-order chi connectivity index (χ1) is 33.6. The smallest absolute Gasteiger partial charge is 0.462 e. The maximum Gasteiger partial charge on any atom is 0.472 e. The van der Waals surface area contributed by atoms with E-state index >= 15 is 0 Å². The number of rotatable bonds is 40. The number of carbonyl (C=O) groups is 2. The SMILES string of the molecule is CCCCC/C=C\C/C=C\C/C=C\C/C=C\CCCCCC(=O)O[C@H](COC(=O)CCC/C=C\C/C=C\C/C=C\CC1OC1CCCCC)COP(=O)(O)O[C@H]1C(O)C(O)C(O)[C@@H](OP(=O)(O)O)C1O. The van der Waals surface area contributed by atoms with Gasteiger partial charge in [-0.15, -0.1) is 0 Å². The van der Waals surface area contributed by atoms with Crippen LogP contribution in [-0.4, -0.2) is 115 Å². The minimum atomic E-state index is -5.38. The molecule has 400 valence electrons. The van der Waals surface area contributed by atoms with E-state index in [4.69, 9.17) is 23.3 Å². The maximum atomic E-state index is 13.0. The lowest BCUT2D eigenvalue weighted by Crippen LogP contribution is -2.64. The summed E-state index contributed by atoms with van der Waals surface area (Å²) in [5, 5.41) is 41.3. The van der Waals surface area contributed by atoms with E-state index in [9.17, 15) is 53.8 Å². The minimum absolute atomic E-state index is 0.0122. The van der Waals surface area contributed by atoms with Crippen LogP contribution in [-0.2, 0) is 46.5 Å². The number of aliphatic hydroxyl groups is 4. The van der Waals surface area contributed by atoms with Gasteiger partial charge in [0.1, 0.15) is 43.2 Å². The summed E-state index contributed by atoms with van der Waals surface area (Å²) in [6.07, 6.45) is 34.2. The number of phosphoric ester groups is 2. The number of phosphoric acid groups is 2. The average molecular weight is 1030 g/mol. The fraction of sp³-hybridized carbons (Fsp3) is 0.686. The van der Waals surface area contributed by atoms with Crippen molar-refractivity contribution in [3.8, 4) is 0 Å². The van der Waals surface area contributed by atoms with E-state index in [2.05, 4.69) is 91.3 Å². The van der Waals surface area contributed by atoms with Crippen LogP contribution in [0.25, 0.3) is 0 Å². The van der Waals surface area contributed by atoms with Crippen LogP contribution in [0.3, 0.4) is 0 Å². The van der Waals surface area contributed by atoms with E-state index in [1.807, 2.05) is 12.2 Å². The summed E-state index contributed by atoms with van der Waals surface area (Å²) in [7, 11) is -10.7. The molecule has 0 aromatic carbocycles. The Balaban J connectivity index is 1.81. The molecule has 0 radical (unpaired) electrons. The van der Waals surface area contributed by atoms with Gasteiger partial charge in [0.05, 0.1) is 18.8 Å². The van der Waals surface area contributed by atoms with Gasteiger partial charge < -0.3 is 49.3 Å². The Bertz CT molecular complexity index is 1740. The molecule has 70 heavy (non-hydrogen) atoms. The van der Waals surface area contributed by atoms with Gasteiger partial charge in [0.2, 0.25) is 0 Å². The van der Waals surface area contributed by atoms with Gasteiger partial charge in [-0.05, 0) is 89.9 Å². The number of aliphatic hydroxyl groups excluding tert-OH is 4. The molecule has 1 saturated heterocycles.